The first-order valence-corrected chi connectivity index (χ1v) is 6.48. The van der Waals surface area contributed by atoms with Crippen molar-refractivity contribution < 1.29 is 9.13 Å². The van der Waals surface area contributed by atoms with E-state index in [2.05, 4.69) is 4.98 Å². The van der Waals surface area contributed by atoms with E-state index >= 15 is 0 Å². The van der Waals surface area contributed by atoms with E-state index in [1.165, 1.54) is 12.1 Å². The number of nitrogens with two attached hydrogens (primary N) is 1. The number of anilines is 2. The van der Waals surface area contributed by atoms with Gasteiger partial charge in [0.15, 0.2) is 0 Å². The molecular weight excluding hydrogens is 257 g/mol. The Morgan fingerprint density at radius 1 is 1.25 bits per heavy atom. The Kier molecular flexibility index (Phi) is 4.90. The molecule has 0 spiro atoms. The van der Waals surface area contributed by atoms with Crippen LogP contribution in [0.5, 0.6) is 5.88 Å². The number of hydrogen-bond donors (Lipinski definition) is 1. The molecule has 2 aromatic rings. The summed E-state index contributed by atoms with van der Waals surface area (Å²) in [6.07, 6.45) is 2.48. The average Bonchev–Trinajstić information content (AvgIpc) is 2.48. The van der Waals surface area contributed by atoms with Gasteiger partial charge >= 0.3 is 0 Å². The highest BCUT2D eigenvalue weighted by molar-refractivity contribution is 5.63. The van der Waals surface area contributed by atoms with Gasteiger partial charge in [-0.05, 0) is 37.2 Å². The molecule has 1 aromatic heterocycles. The van der Waals surface area contributed by atoms with E-state index in [-0.39, 0.29) is 5.82 Å². The first-order chi connectivity index (χ1) is 9.74. The number of benzene rings is 1. The van der Waals surface area contributed by atoms with Crippen molar-refractivity contribution >= 4 is 11.4 Å². The second-order valence-electron chi connectivity index (χ2n) is 4.33. The summed E-state index contributed by atoms with van der Waals surface area (Å²) in [7, 11) is 1.57. The summed E-state index contributed by atoms with van der Waals surface area (Å²) in [5, 5.41) is 0. The van der Waals surface area contributed by atoms with Crippen LogP contribution in [0, 0.1) is 5.82 Å². The highest BCUT2D eigenvalue weighted by Gasteiger charge is 2.11. The Balaban J connectivity index is 2.35. The maximum Gasteiger partial charge on any atom is 0.214 e. The summed E-state index contributed by atoms with van der Waals surface area (Å²) in [5.74, 6) is 0.262. The summed E-state index contributed by atoms with van der Waals surface area (Å²) in [6, 6.07) is 10.2. The predicted molar refractivity (Wildman–Crippen MR) is 77.9 cm³/mol. The summed E-state index contributed by atoms with van der Waals surface area (Å²) < 4.78 is 18.6. The number of methoxy groups -OCH3 is 1. The van der Waals surface area contributed by atoms with Crippen LogP contribution < -0.4 is 15.4 Å². The van der Waals surface area contributed by atoms with E-state index in [1.807, 2.05) is 23.1 Å². The summed E-state index contributed by atoms with van der Waals surface area (Å²) in [6.45, 7) is 1.28. The van der Waals surface area contributed by atoms with Gasteiger partial charge < -0.3 is 15.4 Å². The molecule has 0 saturated carbocycles. The zero-order valence-corrected chi connectivity index (χ0v) is 11.4. The topological polar surface area (TPSA) is 51.4 Å². The molecule has 20 heavy (non-hydrogen) atoms. The van der Waals surface area contributed by atoms with E-state index in [1.54, 1.807) is 19.4 Å². The first-order valence-electron chi connectivity index (χ1n) is 6.48. The molecule has 0 aliphatic carbocycles. The molecule has 0 radical (unpaired) electrons. The fourth-order valence-electron chi connectivity index (χ4n) is 1.98. The molecule has 0 atom stereocenters. The van der Waals surface area contributed by atoms with Crippen molar-refractivity contribution in [3.05, 3.63) is 48.4 Å². The van der Waals surface area contributed by atoms with Gasteiger partial charge in [-0.2, -0.15) is 0 Å². The third-order valence-electron chi connectivity index (χ3n) is 2.94. The Labute approximate surface area is 118 Å². The van der Waals surface area contributed by atoms with E-state index < -0.39 is 0 Å². The van der Waals surface area contributed by atoms with Gasteiger partial charge in [0.1, 0.15) is 5.82 Å². The molecule has 1 heterocycles. The molecule has 0 unspecified atom stereocenters. The predicted octanol–water partition coefficient (Wildman–Crippen LogP) is 2.72. The standard InChI is InChI=1S/C15H18FN3O/c1-20-15-11-14(6-8-18-15)19(9-3-7-17)13-5-2-4-12(16)10-13/h2,4-6,8,10-11H,3,7,9,17H2,1H3. The lowest BCUT2D eigenvalue weighted by atomic mass is 10.2. The van der Waals surface area contributed by atoms with Gasteiger partial charge in [-0.25, -0.2) is 9.37 Å². The van der Waals surface area contributed by atoms with Gasteiger partial charge in [-0.3, -0.25) is 0 Å². The third kappa shape index (κ3) is 3.45. The van der Waals surface area contributed by atoms with E-state index in [9.17, 15) is 4.39 Å². The van der Waals surface area contributed by atoms with Crippen LogP contribution in [-0.4, -0.2) is 25.2 Å². The van der Waals surface area contributed by atoms with Gasteiger partial charge in [0.2, 0.25) is 5.88 Å². The smallest absolute Gasteiger partial charge is 0.214 e. The van der Waals surface area contributed by atoms with Crippen LogP contribution in [0.2, 0.25) is 0 Å². The number of ether oxygens (including phenoxy) is 1. The summed E-state index contributed by atoms with van der Waals surface area (Å²) >= 11 is 0. The average molecular weight is 275 g/mol. The second-order valence-corrected chi connectivity index (χ2v) is 4.33. The Morgan fingerprint density at radius 3 is 2.75 bits per heavy atom. The number of halogens is 1. The number of hydrogen-bond acceptors (Lipinski definition) is 4. The van der Waals surface area contributed by atoms with Gasteiger partial charge in [-0.1, -0.05) is 6.07 Å². The van der Waals surface area contributed by atoms with Crippen LogP contribution >= 0.6 is 0 Å². The second kappa shape index (κ2) is 6.86. The molecule has 1 aromatic carbocycles. The van der Waals surface area contributed by atoms with Crippen LogP contribution in [0.15, 0.2) is 42.6 Å². The molecule has 0 aliphatic heterocycles. The fraction of sp³-hybridized carbons (Fsp3) is 0.267. The van der Waals surface area contributed by atoms with Crippen molar-refractivity contribution in [3.8, 4) is 5.88 Å². The fourth-order valence-corrected chi connectivity index (χ4v) is 1.98. The number of pyridine rings is 1. The maximum atomic E-state index is 13.4. The van der Waals surface area contributed by atoms with Crippen molar-refractivity contribution in [2.75, 3.05) is 25.1 Å². The molecule has 0 bridgehead atoms. The number of rotatable bonds is 6. The van der Waals surface area contributed by atoms with Gasteiger partial charge in [0, 0.05) is 30.2 Å². The lowest BCUT2D eigenvalue weighted by molar-refractivity contribution is 0.398. The molecule has 4 nitrogen and oxygen atoms in total. The lowest BCUT2D eigenvalue weighted by Crippen LogP contribution is -2.21. The van der Waals surface area contributed by atoms with E-state index in [0.717, 1.165) is 17.8 Å². The van der Waals surface area contributed by atoms with Crippen LogP contribution in [0.3, 0.4) is 0 Å². The quantitative estimate of drug-likeness (QED) is 0.880. The SMILES string of the molecule is COc1cc(N(CCCN)c2cccc(F)c2)ccn1. The van der Waals surface area contributed by atoms with E-state index in [0.29, 0.717) is 19.0 Å². The molecule has 2 N–H and O–H groups in total. The lowest BCUT2D eigenvalue weighted by Gasteiger charge is -2.25. The maximum absolute atomic E-state index is 13.4. The van der Waals surface area contributed by atoms with Crippen LogP contribution in [0.1, 0.15) is 6.42 Å². The monoisotopic (exact) mass is 275 g/mol. The van der Waals surface area contributed by atoms with Gasteiger partial charge in [0.25, 0.3) is 0 Å². The van der Waals surface area contributed by atoms with Crippen LogP contribution in [0.4, 0.5) is 15.8 Å². The molecule has 5 heteroatoms. The van der Waals surface area contributed by atoms with Crippen molar-refractivity contribution in [3.63, 3.8) is 0 Å². The Hall–Kier alpha value is -2.14. The number of nitrogens with zero attached hydrogens (tertiary/aromatic N) is 2. The molecule has 0 aliphatic rings. The highest BCUT2D eigenvalue weighted by atomic mass is 19.1. The van der Waals surface area contributed by atoms with Gasteiger partial charge in [0.05, 0.1) is 7.11 Å². The largest absolute Gasteiger partial charge is 0.481 e. The van der Waals surface area contributed by atoms with Crippen LogP contribution in [0.25, 0.3) is 0 Å². The van der Waals surface area contributed by atoms with E-state index in [4.69, 9.17) is 10.5 Å². The molecule has 0 amide bonds. The third-order valence-corrected chi connectivity index (χ3v) is 2.94. The molecule has 106 valence electrons. The van der Waals surface area contributed by atoms with Crippen molar-refractivity contribution in [2.45, 2.75) is 6.42 Å². The summed E-state index contributed by atoms with van der Waals surface area (Å²) in [4.78, 5) is 6.08. The van der Waals surface area contributed by atoms with Crippen molar-refractivity contribution in [1.29, 1.82) is 0 Å². The minimum absolute atomic E-state index is 0.263. The normalized spacial score (nSPS) is 10.3. The zero-order valence-electron chi connectivity index (χ0n) is 11.4. The summed E-state index contributed by atoms with van der Waals surface area (Å²) in [5.41, 5.74) is 7.26. The first kappa shape index (κ1) is 14.3. The van der Waals surface area contributed by atoms with Gasteiger partial charge in [-0.15, -0.1) is 0 Å². The zero-order chi connectivity index (χ0) is 14.4. The molecule has 2 rings (SSSR count). The molecule has 0 saturated heterocycles. The van der Waals surface area contributed by atoms with Crippen molar-refractivity contribution in [1.82, 2.24) is 4.98 Å². The minimum atomic E-state index is -0.263. The Morgan fingerprint density at radius 2 is 2.05 bits per heavy atom. The molecule has 0 fully saturated rings. The Bertz CT molecular complexity index is 562. The molecular formula is C15H18FN3O. The highest BCUT2D eigenvalue weighted by Crippen LogP contribution is 2.27. The number of aromatic nitrogens is 1. The van der Waals surface area contributed by atoms with Crippen LogP contribution in [-0.2, 0) is 0 Å². The van der Waals surface area contributed by atoms with Crippen molar-refractivity contribution in [2.24, 2.45) is 5.73 Å². The minimum Gasteiger partial charge on any atom is -0.481 e.